The zero-order chi connectivity index (χ0) is 0. The van der Waals surface area contributed by atoms with Crippen molar-refractivity contribution in [1.29, 1.82) is 0 Å². The first kappa shape index (κ1) is 31.2. The van der Waals surface area contributed by atoms with Crippen LogP contribution < -0.4 is 0 Å². The van der Waals surface area contributed by atoms with Crippen LogP contribution in [0.1, 0.15) is 0 Å². The van der Waals surface area contributed by atoms with Crippen LogP contribution in [0.25, 0.3) is 0 Å². The molecular formula is H5CaCeFO. The molecule has 0 aliphatic rings. The quantitative estimate of drug-likeness (QED) is 0.441. The molecule has 4 heavy (non-hydrogen) atoms. The summed E-state index contributed by atoms with van der Waals surface area (Å²) in [5.41, 5.74) is 0. The van der Waals surface area contributed by atoms with Gasteiger partial charge in [-0.25, -0.2) is 0 Å². The average molecular weight is 220 g/mol. The second-order valence-electron chi connectivity index (χ2n) is 0. The van der Waals surface area contributed by atoms with Crippen molar-refractivity contribution in [2.45, 2.75) is 0 Å². The van der Waals surface area contributed by atoms with Gasteiger partial charge in [-0.2, -0.15) is 0 Å². The number of halogens is 1. The maximum atomic E-state index is 0. The van der Waals surface area contributed by atoms with Crippen molar-refractivity contribution in [3.63, 3.8) is 0 Å². The van der Waals surface area contributed by atoms with Crippen LogP contribution in [0.3, 0.4) is 0 Å². The van der Waals surface area contributed by atoms with E-state index < -0.39 is 0 Å². The first-order chi connectivity index (χ1) is 0. The summed E-state index contributed by atoms with van der Waals surface area (Å²) in [5.74, 6) is 0. The molecule has 0 radical (unpaired) electrons. The summed E-state index contributed by atoms with van der Waals surface area (Å²) < 4.78 is 0. The van der Waals surface area contributed by atoms with E-state index in [1.165, 1.54) is 0 Å². The molecule has 0 saturated carbocycles. The van der Waals surface area contributed by atoms with E-state index in [0.717, 1.165) is 0 Å². The largest absolute Gasteiger partial charge is 0 e. The SMILES string of the molecule is F.O.[CaH2].[Ce]. The number of rotatable bonds is 0. The third kappa shape index (κ3) is 8.82. The van der Waals surface area contributed by atoms with Crippen LogP contribution in [0.5, 0.6) is 0 Å². The molecule has 0 unspecified atom stereocenters. The Bertz CT molecular complexity index is 8.00. The van der Waals surface area contributed by atoms with Crippen molar-refractivity contribution >= 4 is 37.7 Å². The first-order valence-corrected chi connectivity index (χ1v) is 0. The summed E-state index contributed by atoms with van der Waals surface area (Å²) in [4.78, 5) is 0. The summed E-state index contributed by atoms with van der Waals surface area (Å²) in [6.45, 7) is 0. The van der Waals surface area contributed by atoms with E-state index in [9.17, 15) is 0 Å². The Morgan fingerprint density at radius 3 is 1.00 bits per heavy atom. The Labute approximate surface area is 87.6 Å². The topological polar surface area (TPSA) is 31.5 Å². The fraction of sp³-hybridized carbons (Fsp3) is 0. The van der Waals surface area contributed by atoms with Crippen LogP contribution in [0.15, 0.2) is 0 Å². The molecular weight excluding hydrogens is 215 g/mol. The van der Waals surface area contributed by atoms with E-state index in [4.69, 9.17) is 0 Å². The van der Waals surface area contributed by atoms with Crippen molar-refractivity contribution in [2.24, 2.45) is 0 Å². The van der Waals surface area contributed by atoms with Crippen LogP contribution in [0.2, 0.25) is 0 Å². The zero-order valence-corrected chi connectivity index (χ0v) is 4.55. The maximum absolute atomic E-state index is 0. The van der Waals surface area contributed by atoms with Crippen LogP contribution >= 0.6 is 0 Å². The second-order valence-corrected chi connectivity index (χ2v) is 0. The molecule has 24 valence electrons. The molecule has 0 fully saturated rings. The van der Waals surface area contributed by atoms with Gasteiger partial charge in [0.15, 0.2) is 0 Å². The van der Waals surface area contributed by atoms with Crippen molar-refractivity contribution in [1.82, 2.24) is 0 Å². The zero-order valence-electron chi connectivity index (χ0n) is 1.41. The van der Waals surface area contributed by atoms with E-state index in [1.54, 1.807) is 0 Å². The van der Waals surface area contributed by atoms with Gasteiger partial charge in [0, 0.05) is 41.7 Å². The summed E-state index contributed by atoms with van der Waals surface area (Å²) in [6, 6.07) is 0. The second kappa shape index (κ2) is 17.7. The molecule has 0 aromatic rings. The minimum atomic E-state index is 0. The number of hydrogen-bond acceptors (Lipinski definition) is 0. The van der Waals surface area contributed by atoms with E-state index in [0.29, 0.717) is 0 Å². The smallest absolute Gasteiger partial charge is 0 e. The molecule has 0 rings (SSSR count). The first-order valence-electron chi connectivity index (χ1n) is 0. The molecule has 0 aliphatic carbocycles. The normalized spacial score (nSPS) is 0. The van der Waals surface area contributed by atoms with Gasteiger partial charge < -0.3 is 5.48 Å². The molecule has 0 atom stereocenters. The molecule has 0 saturated heterocycles. The van der Waals surface area contributed by atoms with E-state index in [-0.39, 0.29) is 89.7 Å². The molecule has 2 N–H and O–H groups in total. The molecule has 0 heterocycles. The Balaban J connectivity index is 0. The van der Waals surface area contributed by atoms with Crippen LogP contribution in [0, 0.1) is 41.7 Å². The van der Waals surface area contributed by atoms with E-state index in [2.05, 4.69) is 0 Å². The van der Waals surface area contributed by atoms with Crippen molar-refractivity contribution in [2.75, 3.05) is 0 Å². The van der Waals surface area contributed by atoms with Crippen LogP contribution in [-0.2, 0) is 0 Å². The van der Waals surface area contributed by atoms with Gasteiger partial charge in [-0.15, -0.1) is 0 Å². The average Bonchev–Trinajstić information content (AvgIpc) is 0. The predicted octanol–water partition coefficient (Wildman–Crippen LogP) is -1.59. The van der Waals surface area contributed by atoms with E-state index in [1.807, 2.05) is 0 Å². The molecule has 4 heteroatoms. The molecule has 0 aromatic carbocycles. The Morgan fingerprint density at radius 2 is 1.00 bits per heavy atom. The summed E-state index contributed by atoms with van der Waals surface area (Å²) in [7, 11) is 0. The summed E-state index contributed by atoms with van der Waals surface area (Å²) in [6.07, 6.45) is 0. The van der Waals surface area contributed by atoms with Gasteiger partial charge >= 0.3 is 37.7 Å². The third-order valence-electron chi connectivity index (χ3n) is 0. The van der Waals surface area contributed by atoms with E-state index >= 15 is 0 Å². The van der Waals surface area contributed by atoms with Crippen molar-refractivity contribution < 1.29 is 51.9 Å². The van der Waals surface area contributed by atoms with Gasteiger partial charge in [0.05, 0.1) is 0 Å². The van der Waals surface area contributed by atoms with Gasteiger partial charge in [0.2, 0.25) is 0 Å². The van der Waals surface area contributed by atoms with Gasteiger partial charge in [-0.3, -0.25) is 4.70 Å². The van der Waals surface area contributed by atoms with Crippen LogP contribution in [-0.4, -0.2) is 43.2 Å². The summed E-state index contributed by atoms with van der Waals surface area (Å²) >= 11 is 0. The standard InChI is InChI=1S/Ca.Ce.FH.H2O.2H/h;;1H;1H2;;. The molecule has 0 spiro atoms. The molecule has 0 amide bonds. The van der Waals surface area contributed by atoms with Crippen LogP contribution in [0.4, 0.5) is 4.70 Å². The fourth-order valence-corrected chi connectivity index (χ4v) is 0. The minimum Gasteiger partial charge on any atom is 0 e. The minimum absolute atomic E-state index is 0. The summed E-state index contributed by atoms with van der Waals surface area (Å²) in [5, 5.41) is 0. The molecule has 0 bridgehead atoms. The molecule has 0 aliphatic heterocycles. The van der Waals surface area contributed by atoms with Crippen molar-refractivity contribution in [3.8, 4) is 0 Å². The fourth-order valence-electron chi connectivity index (χ4n) is 0. The maximum Gasteiger partial charge on any atom is 0 e. The Hall–Kier alpha value is 2.53. The van der Waals surface area contributed by atoms with Gasteiger partial charge in [-0.05, 0) is 0 Å². The van der Waals surface area contributed by atoms with Gasteiger partial charge in [0.1, 0.15) is 0 Å². The molecule has 1 nitrogen and oxygen atoms in total. The van der Waals surface area contributed by atoms with Crippen molar-refractivity contribution in [3.05, 3.63) is 0 Å². The van der Waals surface area contributed by atoms with Gasteiger partial charge in [0.25, 0.3) is 0 Å². The Morgan fingerprint density at radius 1 is 1.00 bits per heavy atom. The molecule has 0 aromatic heterocycles. The number of hydrogen-bond donors (Lipinski definition) is 0. The predicted molar refractivity (Wildman–Crippen MR) is 14.7 cm³/mol. The Kier molecular flexibility index (Phi) is 138. The monoisotopic (exact) mass is 220 g/mol. The third-order valence-corrected chi connectivity index (χ3v) is 0. The van der Waals surface area contributed by atoms with Gasteiger partial charge in [-0.1, -0.05) is 0 Å².